The van der Waals surface area contributed by atoms with Gasteiger partial charge in [-0.15, -0.1) is 0 Å². The Labute approximate surface area is 149 Å². The molecule has 128 valence electrons. The monoisotopic (exact) mass is 345 g/mol. The maximum atomic E-state index is 12.4. The molecule has 1 amide bonds. The molecule has 26 heavy (non-hydrogen) atoms. The van der Waals surface area contributed by atoms with Gasteiger partial charge >= 0.3 is 0 Å². The number of amides is 1. The first-order chi connectivity index (χ1) is 12.7. The van der Waals surface area contributed by atoms with Gasteiger partial charge in [-0.05, 0) is 48.5 Å². The van der Waals surface area contributed by atoms with Crippen LogP contribution in [-0.4, -0.2) is 23.0 Å². The minimum absolute atomic E-state index is 0.208. The number of pyridine rings is 1. The van der Waals surface area contributed by atoms with Crippen LogP contribution in [0.4, 0.5) is 5.69 Å². The minimum atomic E-state index is -0.208. The Morgan fingerprint density at radius 3 is 2.54 bits per heavy atom. The van der Waals surface area contributed by atoms with Crippen molar-refractivity contribution in [3.05, 3.63) is 72.6 Å². The Hall–Kier alpha value is -3.67. The number of ether oxygens (including phenoxy) is 1. The van der Waals surface area contributed by atoms with E-state index in [2.05, 4.69) is 15.3 Å². The van der Waals surface area contributed by atoms with Crippen molar-refractivity contribution in [1.29, 1.82) is 0 Å². The summed E-state index contributed by atoms with van der Waals surface area (Å²) in [7, 11) is 1.59. The summed E-state index contributed by atoms with van der Waals surface area (Å²) in [5.41, 5.74) is 3.35. The fourth-order valence-electron chi connectivity index (χ4n) is 2.57. The number of nitrogens with one attached hydrogen (secondary N) is 1. The van der Waals surface area contributed by atoms with E-state index in [-0.39, 0.29) is 5.91 Å². The lowest BCUT2D eigenvalue weighted by atomic mass is 10.2. The van der Waals surface area contributed by atoms with Crippen LogP contribution in [0, 0.1) is 0 Å². The SMILES string of the molecule is COc1ccc(C(=O)Nc2ccc3nc(-c4ccncc4)oc3c2)cc1. The smallest absolute Gasteiger partial charge is 0.255 e. The Balaban J connectivity index is 1.58. The molecule has 2 aromatic carbocycles. The molecule has 0 saturated heterocycles. The number of oxazole rings is 1. The van der Waals surface area contributed by atoms with Crippen LogP contribution in [0.25, 0.3) is 22.6 Å². The van der Waals surface area contributed by atoms with Gasteiger partial charge in [-0.3, -0.25) is 9.78 Å². The third kappa shape index (κ3) is 3.12. The molecule has 6 nitrogen and oxygen atoms in total. The van der Waals surface area contributed by atoms with Crippen LogP contribution >= 0.6 is 0 Å². The predicted octanol–water partition coefficient (Wildman–Crippen LogP) is 4.15. The molecule has 4 rings (SSSR count). The number of benzene rings is 2. The molecule has 2 heterocycles. The molecule has 0 fully saturated rings. The molecule has 0 spiro atoms. The van der Waals surface area contributed by atoms with E-state index in [0.29, 0.717) is 28.5 Å². The second kappa shape index (κ2) is 6.68. The van der Waals surface area contributed by atoms with Crippen molar-refractivity contribution >= 4 is 22.7 Å². The van der Waals surface area contributed by atoms with Crippen molar-refractivity contribution in [2.75, 3.05) is 12.4 Å². The summed E-state index contributed by atoms with van der Waals surface area (Å²) in [4.78, 5) is 20.8. The highest BCUT2D eigenvalue weighted by atomic mass is 16.5. The number of methoxy groups -OCH3 is 1. The molecule has 0 aliphatic heterocycles. The highest BCUT2D eigenvalue weighted by molar-refractivity contribution is 6.05. The van der Waals surface area contributed by atoms with E-state index in [1.807, 2.05) is 18.2 Å². The van der Waals surface area contributed by atoms with Crippen molar-refractivity contribution in [3.8, 4) is 17.2 Å². The van der Waals surface area contributed by atoms with Gasteiger partial charge in [0.05, 0.1) is 7.11 Å². The third-order valence-electron chi connectivity index (χ3n) is 3.93. The van der Waals surface area contributed by atoms with Gasteiger partial charge in [-0.1, -0.05) is 0 Å². The number of nitrogens with zero attached hydrogens (tertiary/aromatic N) is 2. The van der Waals surface area contributed by atoms with Gasteiger partial charge in [-0.2, -0.15) is 0 Å². The number of carbonyl (C=O) groups is 1. The molecule has 1 N–H and O–H groups in total. The molecule has 0 unspecified atom stereocenters. The number of carbonyl (C=O) groups excluding carboxylic acids is 1. The first-order valence-electron chi connectivity index (χ1n) is 7.99. The quantitative estimate of drug-likeness (QED) is 0.601. The third-order valence-corrected chi connectivity index (χ3v) is 3.93. The van der Waals surface area contributed by atoms with Gasteiger partial charge in [-0.25, -0.2) is 4.98 Å². The van der Waals surface area contributed by atoms with E-state index in [9.17, 15) is 4.79 Å². The molecular formula is C20H15N3O3. The van der Waals surface area contributed by atoms with Crippen LogP contribution in [0.5, 0.6) is 5.75 Å². The second-order valence-electron chi connectivity index (χ2n) is 5.62. The van der Waals surface area contributed by atoms with E-state index in [1.165, 1.54) is 0 Å². The maximum absolute atomic E-state index is 12.4. The molecule has 4 aromatic rings. The fourth-order valence-corrected chi connectivity index (χ4v) is 2.57. The van der Waals surface area contributed by atoms with Crippen molar-refractivity contribution in [2.24, 2.45) is 0 Å². The molecule has 0 radical (unpaired) electrons. The number of hydrogen-bond donors (Lipinski definition) is 1. The van der Waals surface area contributed by atoms with E-state index < -0.39 is 0 Å². The van der Waals surface area contributed by atoms with Crippen LogP contribution in [0.3, 0.4) is 0 Å². The van der Waals surface area contributed by atoms with Crippen molar-refractivity contribution in [1.82, 2.24) is 9.97 Å². The molecule has 6 heteroatoms. The molecule has 0 aliphatic carbocycles. The Morgan fingerprint density at radius 2 is 1.81 bits per heavy atom. The summed E-state index contributed by atoms with van der Waals surface area (Å²) in [5, 5.41) is 2.86. The number of rotatable bonds is 4. The molecule has 0 atom stereocenters. The predicted molar refractivity (Wildman–Crippen MR) is 98.2 cm³/mol. The number of aromatic nitrogens is 2. The molecule has 0 aliphatic rings. The van der Waals surface area contributed by atoms with E-state index in [1.54, 1.807) is 55.9 Å². The standard InChI is InChI=1S/C20H15N3O3/c1-25-16-5-2-13(3-6-16)19(24)22-15-4-7-17-18(12-15)26-20(23-17)14-8-10-21-11-9-14/h2-12H,1H3,(H,22,24). The summed E-state index contributed by atoms with van der Waals surface area (Å²) >= 11 is 0. The zero-order valence-corrected chi connectivity index (χ0v) is 14.0. The number of anilines is 1. The van der Waals surface area contributed by atoms with Crippen molar-refractivity contribution in [2.45, 2.75) is 0 Å². The highest BCUT2D eigenvalue weighted by Crippen LogP contribution is 2.26. The lowest BCUT2D eigenvalue weighted by molar-refractivity contribution is 0.102. The summed E-state index contributed by atoms with van der Waals surface area (Å²) in [6, 6.07) is 15.9. The molecule has 2 aromatic heterocycles. The summed E-state index contributed by atoms with van der Waals surface area (Å²) in [6.07, 6.45) is 3.37. The van der Waals surface area contributed by atoms with Gasteiger partial charge in [0.2, 0.25) is 5.89 Å². The average Bonchev–Trinajstić information content (AvgIpc) is 3.12. The van der Waals surface area contributed by atoms with Gasteiger partial charge in [0, 0.05) is 35.3 Å². The highest BCUT2D eigenvalue weighted by Gasteiger charge is 2.11. The van der Waals surface area contributed by atoms with Crippen LogP contribution in [0.15, 0.2) is 71.4 Å². The van der Waals surface area contributed by atoms with E-state index >= 15 is 0 Å². The van der Waals surface area contributed by atoms with Crippen molar-refractivity contribution in [3.63, 3.8) is 0 Å². The topological polar surface area (TPSA) is 77.2 Å². The zero-order chi connectivity index (χ0) is 17.9. The van der Waals surface area contributed by atoms with Gasteiger partial charge < -0.3 is 14.5 Å². The second-order valence-corrected chi connectivity index (χ2v) is 5.62. The Bertz CT molecular complexity index is 1060. The molecular weight excluding hydrogens is 330 g/mol. The lowest BCUT2D eigenvalue weighted by Crippen LogP contribution is -2.11. The first-order valence-corrected chi connectivity index (χ1v) is 7.99. The largest absolute Gasteiger partial charge is 0.497 e. The normalized spacial score (nSPS) is 10.7. The fraction of sp³-hybridized carbons (Fsp3) is 0.0500. The van der Waals surface area contributed by atoms with Crippen LogP contribution in [0.1, 0.15) is 10.4 Å². The van der Waals surface area contributed by atoms with E-state index in [0.717, 1.165) is 11.1 Å². The zero-order valence-electron chi connectivity index (χ0n) is 14.0. The summed E-state index contributed by atoms with van der Waals surface area (Å²) in [5.74, 6) is 1.01. The number of hydrogen-bond acceptors (Lipinski definition) is 5. The molecule has 0 bridgehead atoms. The van der Waals surface area contributed by atoms with Crippen LogP contribution in [-0.2, 0) is 0 Å². The lowest BCUT2D eigenvalue weighted by Gasteiger charge is -2.06. The van der Waals surface area contributed by atoms with Crippen LogP contribution in [0.2, 0.25) is 0 Å². The van der Waals surface area contributed by atoms with Gasteiger partial charge in [0.25, 0.3) is 5.91 Å². The minimum Gasteiger partial charge on any atom is -0.497 e. The first kappa shape index (κ1) is 15.8. The number of fused-ring (bicyclic) bond motifs is 1. The summed E-state index contributed by atoms with van der Waals surface area (Å²) in [6.45, 7) is 0. The Morgan fingerprint density at radius 1 is 1.04 bits per heavy atom. The van der Waals surface area contributed by atoms with Gasteiger partial charge in [0.1, 0.15) is 11.3 Å². The van der Waals surface area contributed by atoms with E-state index in [4.69, 9.17) is 9.15 Å². The van der Waals surface area contributed by atoms with Crippen molar-refractivity contribution < 1.29 is 13.9 Å². The van der Waals surface area contributed by atoms with Crippen LogP contribution < -0.4 is 10.1 Å². The Kier molecular flexibility index (Phi) is 4.07. The van der Waals surface area contributed by atoms with Gasteiger partial charge in [0.15, 0.2) is 5.58 Å². The summed E-state index contributed by atoms with van der Waals surface area (Å²) < 4.78 is 10.9. The average molecular weight is 345 g/mol. The maximum Gasteiger partial charge on any atom is 0.255 e. The molecule has 0 saturated carbocycles.